The van der Waals surface area contributed by atoms with E-state index in [2.05, 4.69) is 36.6 Å². The molecule has 1 saturated heterocycles. The van der Waals surface area contributed by atoms with Crippen LogP contribution in [0.5, 0.6) is 5.75 Å². The van der Waals surface area contributed by atoms with E-state index in [0.717, 1.165) is 25.1 Å². The molecule has 0 bridgehead atoms. The van der Waals surface area contributed by atoms with Gasteiger partial charge in [-0.1, -0.05) is 32.4 Å². The van der Waals surface area contributed by atoms with E-state index in [4.69, 9.17) is 4.74 Å². The summed E-state index contributed by atoms with van der Waals surface area (Å²) in [5.41, 5.74) is 1.30. The lowest BCUT2D eigenvalue weighted by Gasteiger charge is -2.22. The molecule has 1 fully saturated rings. The number of benzene rings is 1. The molecule has 0 aliphatic carbocycles. The number of carbonyl (C=O) groups excluding carboxylic acids is 1. The first-order chi connectivity index (χ1) is 10.2. The number of piperidine rings is 1. The standard InChI is InChI=1S/C17H26N2O2/c1-13(2)14-6-8-15(9-7-14)21-12-11-19-17(20)16-5-3-4-10-18-16/h6-9,13,16,18H,3-5,10-12H2,1-2H3,(H,19,20). The van der Waals surface area contributed by atoms with Crippen molar-refractivity contribution in [1.29, 1.82) is 0 Å². The maximum atomic E-state index is 11.9. The smallest absolute Gasteiger partial charge is 0.237 e. The third-order valence-electron chi connectivity index (χ3n) is 3.84. The third kappa shape index (κ3) is 5.05. The summed E-state index contributed by atoms with van der Waals surface area (Å²) in [6, 6.07) is 8.12. The van der Waals surface area contributed by atoms with Gasteiger partial charge in [0.25, 0.3) is 0 Å². The zero-order chi connectivity index (χ0) is 15.1. The van der Waals surface area contributed by atoms with Crippen molar-refractivity contribution < 1.29 is 9.53 Å². The van der Waals surface area contributed by atoms with E-state index in [0.29, 0.717) is 19.1 Å². The molecule has 116 valence electrons. The molecule has 1 amide bonds. The van der Waals surface area contributed by atoms with Gasteiger partial charge in [0, 0.05) is 0 Å². The molecular formula is C17H26N2O2. The van der Waals surface area contributed by atoms with Crippen molar-refractivity contribution in [2.45, 2.75) is 45.1 Å². The molecule has 1 aliphatic heterocycles. The Morgan fingerprint density at radius 2 is 2.10 bits per heavy atom. The van der Waals surface area contributed by atoms with Crippen molar-refractivity contribution in [3.8, 4) is 5.75 Å². The monoisotopic (exact) mass is 290 g/mol. The van der Waals surface area contributed by atoms with Crippen molar-refractivity contribution in [1.82, 2.24) is 10.6 Å². The van der Waals surface area contributed by atoms with Crippen LogP contribution in [-0.2, 0) is 4.79 Å². The van der Waals surface area contributed by atoms with Gasteiger partial charge >= 0.3 is 0 Å². The summed E-state index contributed by atoms with van der Waals surface area (Å²) in [4.78, 5) is 11.9. The number of nitrogens with one attached hydrogen (secondary N) is 2. The normalized spacial score (nSPS) is 18.5. The molecule has 1 heterocycles. The van der Waals surface area contributed by atoms with E-state index in [9.17, 15) is 4.79 Å². The summed E-state index contributed by atoms with van der Waals surface area (Å²) >= 11 is 0. The van der Waals surface area contributed by atoms with Crippen LogP contribution in [0.1, 0.15) is 44.6 Å². The molecule has 2 N–H and O–H groups in total. The van der Waals surface area contributed by atoms with Crippen molar-refractivity contribution in [3.05, 3.63) is 29.8 Å². The first kappa shape index (κ1) is 15.8. The van der Waals surface area contributed by atoms with Crippen LogP contribution in [0.3, 0.4) is 0 Å². The van der Waals surface area contributed by atoms with E-state index in [1.54, 1.807) is 0 Å². The van der Waals surface area contributed by atoms with Gasteiger partial charge in [0.2, 0.25) is 5.91 Å². The molecule has 0 aromatic heterocycles. The molecule has 0 spiro atoms. The van der Waals surface area contributed by atoms with Crippen LogP contribution in [0.4, 0.5) is 0 Å². The molecule has 4 nitrogen and oxygen atoms in total. The molecule has 1 aliphatic rings. The SMILES string of the molecule is CC(C)c1ccc(OCCNC(=O)C2CCCCN2)cc1. The second-order valence-corrected chi connectivity index (χ2v) is 5.87. The minimum absolute atomic E-state index is 0.0240. The highest BCUT2D eigenvalue weighted by Crippen LogP contribution is 2.18. The maximum Gasteiger partial charge on any atom is 0.237 e. The van der Waals surface area contributed by atoms with Crippen LogP contribution in [0.15, 0.2) is 24.3 Å². The van der Waals surface area contributed by atoms with Gasteiger partial charge in [-0.2, -0.15) is 0 Å². The number of rotatable bonds is 6. The molecule has 2 rings (SSSR count). The van der Waals surface area contributed by atoms with Gasteiger partial charge in [-0.15, -0.1) is 0 Å². The summed E-state index contributed by atoms with van der Waals surface area (Å²) in [5, 5.41) is 6.17. The Labute approximate surface area is 127 Å². The maximum absolute atomic E-state index is 11.9. The quantitative estimate of drug-likeness (QED) is 0.791. The van der Waals surface area contributed by atoms with Crippen LogP contribution in [-0.4, -0.2) is 31.6 Å². The summed E-state index contributed by atoms with van der Waals surface area (Å²) in [7, 11) is 0. The Morgan fingerprint density at radius 1 is 1.33 bits per heavy atom. The molecule has 1 unspecified atom stereocenters. The van der Waals surface area contributed by atoms with Gasteiger partial charge in [-0.25, -0.2) is 0 Å². The molecular weight excluding hydrogens is 264 g/mol. The van der Waals surface area contributed by atoms with Gasteiger partial charge in [0.15, 0.2) is 0 Å². The van der Waals surface area contributed by atoms with Crippen LogP contribution in [0, 0.1) is 0 Å². The fraction of sp³-hybridized carbons (Fsp3) is 0.588. The van der Waals surface area contributed by atoms with Gasteiger partial charge < -0.3 is 15.4 Å². The largest absolute Gasteiger partial charge is 0.492 e. The van der Waals surface area contributed by atoms with Crippen LogP contribution >= 0.6 is 0 Å². The van der Waals surface area contributed by atoms with Crippen LogP contribution < -0.4 is 15.4 Å². The van der Waals surface area contributed by atoms with E-state index in [-0.39, 0.29) is 11.9 Å². The second kappa shape index (κ2) is 8.03. The lowest BCUT2D eigenvalue weighted by Crippen LogP contribution is -2.47. The molecule has 4 heteroatoms. The first-order valence-electron chi connectivity index (χ1n) is 7.90. The van der Waals surface area contributed by atoms with Gasteiger partial charge in [-0.3, -0.25) is 4.79 Å². The fourth-order valence-electron chi connectivity index (χ4n) is 2.49. The first-order valence-corrected chi connectivity index (χ1v) is 7.90. The molecule has 0 saturated carbocycles. The average Bonchev–Trinajstić information content (AvgIpc) is 2.52. The van der Waals surface area contributed by atoms with Crippen LogP contribution in [0.25, 0.3) is 0 Å². The van der Waals surface area contributed by atoms with Crippen molar-refractivity contribution >= 4 is 5.91 Å². The van der Waals surface area contributed by atoms with Crippen molar-refractivity contribution in [3.63, 3.8) is 0 Å². The fourth-order valence-corrected chi connectivity index (χ4v) is 2.49. The number of carbonyl (C=O) groups is 1. The van der Waals surface area contributed by atoms with E-state index >= 15 is 0 Å². The Kier molecular flexibility index (Phi) is 6.05. The van der Waals surface area contributed by atoms with Crippen molar-refractivity contribution in [2.75, 3.05) is 19.7 Å². The number of amides is 1. The average molecular weight is 290 g/mol. The lowest BCUT2D eigenvalue weighted by atomic mass is 10.0. The number of hydrogen-bond donors (Lipinski definition) is 2. The van der Waals surface area contributed by atoms with E-state index in [1.165, 1.54) is 12.0 Å². The van der Waals surface area contributed by atoms with Gasteiger partial charge in [0.05, 0.1) is 12.6 Å². The summed E-state index contributed by atoms with van der Waals surface area (Å²) < 4.78 is 5.64. The molecule has 21 heavy (non-hydrogen) atoms. The second-order valence-electron chi connectivity index (χ2n) is 5.87. The highest BCUT2D eigenvalue weighted by Gasteiger charge is 2.19. The molecule has 0 radical (unpaired) electrons. The Bertz CT molecular complexity index is 437. The van der Waals surface area contributed by atoms with E-state index in [1.807, 2.05) is 12.1 Å². The van der Waals surface area contributed by atoms with Crippen LogP contribution in [0.2, 0.25) is 0 Å². The summed E-state index contributed by atoms with van der Waals surface area (Å²) in [5.74, 6) is 1.47. The van der Waals surface area contributed by atoms with Gasteiger partial charge in [0.1, 0.15) is 12.4 Å². The Morgan fingerprint density at radius 3 is 2.71 bits per heavy atom. The highest BCUT2D eigenvalue weighted by atomic mass is 16.5. The minimum Gasteiger partial charge on any atom is -0.492 e. The Hall–Kier alpha value is -1.55. The lowest BCUT2D eigenvalue weighted by molar-refractivity contribution is -0.123. The molecule has 1 aromatic carbocycles. The third-order valence-corrected chi connectivity index (χ3v) is 3.84. The number of hydrogen-bond acceptors (Lipinski definition) is 3. The minimum atomic E-state index is -0.0240. The van der Waals surface area contributed by atoms with Gasteiger partial charge in [-0.05, 0) is 43.0 Å². The molecule has 1 atom stereocenters. The number of ether oxygens (including phenoxy) is 1. The predicted octanol–water partition coefficient (Wildman–Crippen LogP) is 2.45. The zero-order valence-corrected chi connectivity index (χ0v) is 13.0. The summed E-state index contributed by atoms with van der Waals surface area (Å²) in [6.07, 6.45) is 3.23. The highest BCUT2D eigenvalue weighted by molar-refractivity contribution is 5.81. The Balaban J connectivity index is 1.66. The topological polar surface area (TPSA) is 50.4 Å². The summed E-state index contributed by atoms with van der Waals surface area (Å²) in [6.45, 7) is 6.33. The van der Waals surface area contributed by atoms with Crippen molar-refractivity contribution in [2.24, 2.45) is 0 Å². The predicted molar refractivity (Wildman–Crippen MR) is 84.7 cm³/mol. The van der Waals surface area contributed by atoms with E-state index < -0.39 is 0 Å². The zero-order valence-electron chi connectivity index (χ0n) is 13.0. The molecule has 1 aromatic rings.